The Morgan fingerprint density at radius 2 is 1.88 bits per heavy atom. The molecule has 2 saturated carbocycles. The highest BCUT2D eigenvalue weighted by Gasteiger charge is 2.61. The molecule has 1 N–H and O–H groups in total. The van der Waals surface area contributed by atoms with Crippen LogP contribution in [0.15, 0.2) is 60.6 Å². The Hall–Kier alpha value is -4.73. The van der Waals surface area contributed by atoms with Gasteiger partial charge in [-0.1, -0.05) is 38.4 Å². The van der Waals surface area contributed by atoms with Gasteiger partial charge in [-0.2, -0.15) is 0 Å². The number of hydrogen-bond acceptors (Lipinski definition) is 12. The predicted molar refractivity (Wildman–Crippen MR) is 223 cm³/mol. The Labute approximate surface area is 352 Å². The number of ketones is 1. The van der Waals surface area contributed by atoms with Crippen LogP contribution in [-0.2, 0) is 30.8 Å². The Kier molecular flexibility index (Phi) is 10.9. The van der Waals surface area contributed by atoms with E-state index in [1.807, 2.05) is 50.4 Å². The van der Waals surface area contributed by atoms with Gasteiger partial charge in [-0.25, -0.2) is 18.4 Å². The SMILES string of the molecule is C=C[C@@H]1C[C@]1(CC(=O)[C@@H]1C[C@@H](Oc2ncc(OC)c3ccc(Cl)cc23)CN1C(=O)[C@@H](Cc1nc(-c2ccc3c(c2)OCCO3)cs1)C(C)(C)C)C(=O)NS(=O)(=O)C1CC1. The quantitative estimate of drug-likeness (QED) is 0.133. The predicted octanol–water partition coefficient (Wildman–Crippen LogP) is 6.80. The number of sulfonamides is 1. The number of thiazole rings is 1. The molecule has 2 aromatic heterocycles. The molecule has 4 aromatic rings. The maximum Gasteiger partial charge on any atom is 0.240 e. The molecule has 16 heteroatoms. The van der Waals surface area contributed by atoms with Gasteiger partial charge in [-0.05, 0) is 67.0 Å². The summed E-state index contributed by atoms with van der Waals surface area (Å²) >= 11 is 7.86. The van der Waals surface area contributed by atoms with E-state index in [0.717, 1.165) is 21.7 Å². The molecule has 0 unspecified atom stereocenters. The molecule has 2 aliphatic heterocycles. The van der Waals surface area contributed by atoms with Crippen LogP contribution in [0, 0.1) is 22.7 Å². The molecular weight excluding hydrogens is 816 g/mol. The first-order valence-electron chi connectivity index (χ1n) is 19.8. The first-order chi connectivity index (χ1) is 28.1. The molecule has 5 atom stereocenters. The van der Waals surface area contributed by atoms with Crippen molar-refractivity contribution in [3.8, 4) is 34.4 Å². The molecular formula is C43H47ClN4O9S2. The molecule has 1 saturated heterocycles. The third kappa shape index (κ3) is 8.25. The van der Waals surface area contributed by atoms with Crippen molar-refractivity contribution in [2.24, 2.45) is 22.7 Å². The van der Waals surface area contributed by atoms with Gasteiger partial charge in [-0.3, -0.25) is 19.1 Å². The number of fused-ring (bicyclic) bond motifs is 2. The zero-order chi connectivity index (χ0) is 41.9. The normalized spacial score (nSPS) is 23.1. The smallest absolute Gasteiger partial charge is 0.240 e. The van der Waals surface area contributed by atoms with Gasteiger partial charge in [0.1, 0.15) is 25.1 Å². The average molecular weight is 863 g/mol. The van der Waals surface area contributed by atoms with Gasteiger partial charge in [0, 0.05) is 51.9 Å². The molecule has 4 aliphatic rings. The number of amides is 2. The van der Waals surface area contributed by atoms with Gasteiger partial charge in [-0.15, -0.1) is 17.9 Å². The Bertz CT molecular complexity index is 2450. The standard InChI is InChI=1S/C43H47ClN4O9S2/c1-6-25-19-43(25,41(51)47-59(52,53)28-9-10-28)20-34(49)33-17-27(57-39-30-16-26(44)8-11-29(30)37(54-5)21-45-39)22-48(33)40(50)31(42(2,3)4)18-38-46-32(23-58-38)24-7-12-35-36(15-24)56-14-13-55-35/h6-8,11-12,15-16,21,23,25,27-28,31,33H,1,9-10,13-14,17-20,22H2,2-5H3,(H,47,51)/t25-,27-,31-,33+,43-/m1/s1. The fourth-order valence-corrected chi connectivity index (χ4v) is 10.6. The second-order valence-electron chi connectivity index (χ2n) is 16.9. The molecule has 2 amide bonds. The molecule has 13 nitrogen and oxygen atoms in total. The minimum absolute atomic E-state index is 0.0675. The average Bonchev–Trinajstić information content (AvgIpc) is 4.10. The van der Waals surface area contributed by atoms with Crippen LogP contribution in [0.5, 0.6) is 23.1 Å². The Morgan fingerprint density at radius 1 is 1.12 bits per heavy atom. The van der Waals surface area contributed by atoms with E-state index in [2.05, 4.69) is 16.3 Å². The lowest BCUT2D eigenvalue weighted by atomic mass is 9.77. The van der Waals surface area contributed by atoms with Crippen LogP contribution < -0.4 is 23.7 Å². The lowest BCUT2D eigenvalue weighted by Crippen LogP contribution is -2.48. The molecule has 8 rings (SSSR count). The number of carbonyl (C=O) groups is 3. The number of halogens is 1. The number of ether oxygens (including phenoxy) is 4. The van der Waals surface area contributed by atoms with Crippen molar-refractivity contribution >= 4 is 61.3 Å². The van der Waals surface area contributed by atoms with Crippen molar-refractivity contribution in [2.75, 3.05) is 26.9 Å². The highest BCUT2D eigenvalue weighted by Crippen LogP contribution is 2.57. The minimum Gasteiger partial charge on any atom is -0.494 e. The molecule has 2 aliphatic carbocycles. The fourth-order valence-electron chi connectivity index (χ4n) is 8.20. The molecule has 0 radical (unpaired) electrons. The van der Waals surface area contributed by atoms with E-state index >= 15 is 4.79 Å². The Balaban J connectivity index is 1.08. The number of allylic oxidation sites excluding steroid dienone is 1. The number of methoxy groups -OCH3 is 1. The highest BCUT2D eigenvalue weighted by molar-refractivity contribution is 7.90. The molecule has 0 spiro atoms. The van der Waals surface area contributed by atoms with E-state index in [-0.39, 0.29) is 43.4 Å². The summed E-state index contributed by atoms with van der Waals surface area (Å²) in [6.45, 7) is 10.8. The molecule has 2 aromatic carbocycles. The van der Waals surface area contributed by atoms with Crippen molar-refractivity contribution in [2.45, 2.75) is 76.7 Å². The van der Waals surface area contributed by atoms with Crippen molar-refractivity contribution in [1.29, 1.82) is 0 Å². The van der Waals surface area contributed by atoms with Gasteiger partial charge < -0.3 is 23.8 Å². The molecule has 3 fully saturated rings. The zero-order valence-electron chi connectivity index (χ0n) is 33.4. The van der Waals surface area contributed by atoms with Crippen molar-refractivity contribution in [1.82, 2.24) is 19.6 Å². The maximum absolute atomic E-state index is 15.0. The van der Waals surface area contributed by atoms with Crippen LogP contribution in [0.4, 0.5) is 0 Å². The second kappa shape index (κ2) is 15.7. The summed E-state index contributed by atoms with van der Waals surface area (Å²) in [4.78, 5) is 54.4. The second-order valence-corrected chi connectivity index (χ2v) is 20.3. The Morgan fingerprint density at radius 3 is 2.58 bits per heavy atom. The van der Waals surface area contributed by atoms with Crippen LogP contribution in [0.2, 0.25) is 5.02 Å². The summed E-state index contributed by atoms with van der Waals surface area (Å²) in [6.07, 6.45) is 3.91. The summed E-state index contributed by atoms with van der Waals surface area (Å²) < 4.78 is 51.5. The third-order valence-corrected chi connectivity index (χ3v) is 14.8. The number of nitrogens with one attached hydrogen (secondary N) is 1. The summed E-state index contributed by atoms with van der Waals surface area (Å²) in [5.41, 5.74) is -0.229. The van der Waals surface area contributed by atoms with Crippen LogP contribution >= 0.6 is 22.9 Å². The van der Waals surface area contributed by atoms with Crippen molar-refractivity contribution in [3.05, 3.63) is 70.7 Å². The van der Waals surface area contributed by atoms with Crippen LogP contribution in [0.3, 0.4) is 0 Å². The van der Waals surface area contributed by atoms with E-state index in [1.54, 1.807) is 36.4 Å². The number of nitrogens with zero attached hydrogens (tertiary/aromatic N) is 3. The zero-order valence-corrected chi connectivity index (χ0v) is 35.8. The number of rotatable bonds is 14. The van der Waals surface area contributed by atoms with Gasteiger partial charge in [0.05, 0.1) is 47.3 Å². The molecule has 4 heterocycles. The first-order valence-corrected chi connectivity index (χ1v) is 22.6. The van der Waals surface area contributed by atoms with Crippen LogP contribution in [0.1, 0.15) is 57.9 Å². The lowest BCUT2D eigenvalue weighted by molar-refractivity contribution is -0.144. The van der Waals surface area contributed by atoms with Crippen molar-refractivity contribution in [3.63, 3.8) is 0 Å². The van der Waals surface area contributed by atoms with Gasteiger partial charge in [0.15, 0.2) is 17.3 Å². The molecule has 59 heavy (non-hydrogen) atoms. The summed E-state index contributed by atoms with van der Waals surface area (Å²) in [5, 5.41) is 3.90. The number of benzene rings is 2. The summed E-state index contributed by atoms with van der Waals surface area (Å²) in [6, 6.07) is 10.0. The van der Waals surface area contributed by atoms with Crippen LogP contribution in [-0.4, -0.2) is 85.1 Å². The molecule has 0 bridgehead atoms. The largest absolute Gasteiger partial charge is 0.494 e. The maximum atomic E-state index is 15.0. The minimum atomic E-state index is -3.86. The first kappa shape index (κ1) is 41.0. The molecule has 312 valence electrons. The van der Waals surface area contributed by atoms with Gasteiger partial charge in [0.2, 0.25) is 27.7 Å². The van der Waals surface area contributed by atoms with Gasteiger partial charge >= 0.3 is 0 Å². The van der Waals surface area contributed by atoms with E-state index in [4.69, 9.17) is 35.5 Å². The van der Waals surface area contributed by atoms with Crippen LogP contribution in [0.25, 0.3) is 22.0 Å². The van der Waals surface area contributed by atoms with E-state index in [0.29, 0.717) is 60.1 Å². The fraction of sp³-hybridized carbons (Fsp3) is 0.465. The van der Waals surface area contributed by atoms with Gasteiger partial charge in [0.25, 0.3) is 0 Å². The summed E-state index contributed by atoms with van der Waals surface area (Å²) in [5.74, 6) is -0.171. The topological polar surface area (TPSA) is 163 Å². The number of carbonyl (C=O) groups excluding carboxylic acids is 3. The summed E-state index contributed by atoms with van der Waals surface area (Å²) in [7, 11) is -2.31. The number of Topliss-reactive ketones (excluding diaryl/α,β-unsaturated/α-hetero) is 1. The number of likely N-dealkylation sites (tertiary alicyclic amines) is 1. The number of pyridine rings is 1. The number of aromatic nitrogens is 2. The third-order valence-electron chi connectivity index (χ3n) is 11.9. The van der Waals surface area contributed by atoms with Crippen molar-refractivity contribution < 1.29 is 41.7 Å². The number of hydrogen-bond donors (Lipinski definition) is 1. The lowest BCUT2D eigenvalue weighted by Gasteiger charge is -2.35. The van der Waals surface area contributed by atoms with E-state index in [1.165, 1.54) is 11.3 Å². The van der Waals surface area contributed by atoms with E-state index in [9.17, 15) is 18.0 Å². The van der Waals surface area contributed by atoms with E-state index < -0.39 is 56.0 Å². The monoisotopic (exact) mass is 862 g/mol. The highest BCUT2D eigenvalue weighted by atomic mass is 35.5.